The third kappa shape index (κ3) is 4.36. The maximum atomic E-state index is 12.0. The maximum absolute atomic E-state index is 12.0. The van der Waals surface area contributed by atoms with Gasteiger partial charge in [-0.3, -0.25) is 4.79 Å². The summed E-state index contributed by atoms with van der Waals surface area (Å²) in [5, 5.41) is 13.0. The van der Waals surface area contributed by atoms with Crippen molar-refractivity contribution in [2.24, 2.45) is 0 Å². The van der Waals surface area contributed by atoms with Gasteiger partial charge in [-0.15, -0.1) is 0 Å². The fourth-order valence-corrected chi connectivity index (χ4v) is 2.08. The lowest BCUT2D eigenvalue weighted by Crippen LogP contribution is -2.34. The van der Waals surface area contributed by atoms with E-state index < -0.39 is 6.10 Å². The first-order valence-electron chi connectivity index (χ1n) is 6.89. The summed E-state index contributed by atoms with van der Waals surface area (Å²) in [5.41, 5.74) is 1.92. The van der Waals surface area contributed by atoms with Crippen molar-refractivity contribution < 1.29 is 9.90 Å². The smallest absolute Gasteiger partial charge is 0.270 e. The van der Waals surface area contributed by atoms with Gasteiger partial charge in [0, 0.05) is 11.7 Å². The largest absolute Gasteiger partial charge is 0.388 e. The van der Waals surface area contributed by atoms with Crippen LogP contribution < -0.4 is 5.32 Å². The predicted molar refractivity (Wildman–Crippen MR) is 79.7 cm³/mol. The Labute approximate surface area is 124 Å². The van der Waals surface area contributed by atoms with Crippen LogP contribution in [0.25, 0.3) is 0 Å². The van der Waals surface area contributed by atoms with Gasteiger partial charge in [0.2, 0.25) is 0 Å². The van der Waals surface area contributed by atoms with E-state index in [0.717, 1.165) is 11.3 Å². The summed E-state index contributed by atoms with van der Waals surface area (Å²) in [7, 11) is 0. The van der Waals surface area contributed by atoms with E-state index in [1.807, 2.05) is 37.3 Å². The quantitative estimate of drug-likeness (QED) is 0.881. The molecule has 110 valence electrons. The van der Waals surface area contributed by atoms with Crippen LogP contribution in [0.1, 0.15) is 41.2 Å². The summed E-state index contributed by atoms with van der Waals surface area (Å²) in [6, 6.07) is 10.9. The Morgan fingerprint density at radius 1 is 1.29 bits per heavy atom. The molecule has 1 heterocycles. The van der Waals surface area contributed by atoms with Gasteiger partial charge in [0.05, 0.1) is 6.10 Å². The van der Waals surface area contributed by atoms with Crippen LogP contribution >= 0.6 is 0 Å². The molecule has 2 atom stereocenters. The van der Waals surface area contributed by atoms with Crippen LogP contribution in [0, 0.1) is 6.92 Å². The molecule has 0 fully saturated rings. The van der Waals surface area contributed by atoms with Crippen molar-refractivity contribution in [3.8, 4) is 0 Å². The van der Waals surface area contributed by atoms with Crippen molar-refractivity contribution in [3.63, 3.8) is 0 Å². The van der Waals surface area contributed by atoms with Gasteiger partial charge in [0.1, 0.15) is 12.0 Å². The third-order valence-corrected chi connectivity index (χ3v) is 3.18. The Balaban J connectivity index is 1.92. The molecule has 1 aromatic heterocycles. The Kier molecular flexibility index (Phi) is 5.00. The Hall–Kier alpha value is -2.27. The number of benzene rings is 1. The number of aliphatic hydroxyl groups excluding tert-OH is 1. The molecule has 0 saturated heterocycles. The highest BCUT2D eigenvalue weighted by atomic mass is 16.3. The number of carbonyl (C=O) groups is 1. The number of hydrogen-bond acceptors (Lipinski definition) is 4. The molecule has 1 aromatic carbocycles. The molecule has 2 rings (SSSR count). The Bertz CT molecular complexity index is 601. The van der Waals surface area contributed by atoms with E-state index in [9.17, 15) is 9.90 Å². The summed E-state index contributed by atoms with van der Waals surface area (Å²) in [5.74, 6) is -0.256. The fraction of sp³-hybridized carbons (Fsp3) is 0.312. The second kappa shape index (κ2) is 6.95. The molecule has 21 heavy (non-hydrogen) atoms. The highest BCUT2D eigenvalue weighted by Crippen LogP contribution is 2.17. The molecule has 5 heteroatoms. The molecular weight excluding hydrogens is 266 g/mol. The Morgan fingerprint density at radius 2 is 2.00 bits per heavy atom. The van der Waals surface area contributed by atoms with Gasteiger partial charge in [-0.2, -0.15) is 0 Å². The number of nitrogens with zero attached hydrogens (tertiary/aromatic N) is 2. The second-order valence-corrected chi connectivity index (χ2v) is 5.08. The van der Waals surface area contributed by atoms with Crippen molar-refractivity contribution in [2.75, 3.05) is 0 Å². The minimum absolute atomic E-state index is 0.164. The maximum Gasteiger partial charge on any atom is 0.270 e. The van der Waals surface area contributed by atoms with Gasteiger partial charge in [-0.25, -0.2) is 9.97 Å². The minimum atomic E-state index is -0.603. The fourth-order valence-electron chi connectivity index (χ4n) is 2.08. The number of carbonyl (C=O) groups excluding carboxylic acids is 1. The van der Waals surface area contributed by atoms with Gasteiger partial charge in [-0.05, 0) is 31.9 Å². The first-order chi connectivity index (χ1) is 10.1. The van der Waals surface area contributed by atoms with Crippen LogP contribution in [0.3, 0.4) is 0 Å². The molecule has 0 bridgehead atoms. The molecule has 0 aliphatic carbocycles. The number of hydrogen-bond donors (Lipinski definition) is 2. The summed E-state index contributed by atoms with van der Waals surface area (Å²) in [4.78, 5) is 19.9. The standard InChI is InChI=1S/C16H19N3O2/c1-11-8-14(18-10-17-11)16(21)19-12(2)9-15(20)13-6-4-3-5-7-13/h3-8,10,12,15,20H,9H2,1-2H3,(H,19,21). The van der Waals surface area contributed by atoms with Crippen molar-refractivity contribution in [2.45, 2.75) is 32.4 Å². The topological polar surface area (TPSA) is 75.1 Å². The number of aromatic nitrogens is 2. The monoisotopic (exact) mass is 285 g/mol. The molecule has 0 saturated carbocycles. The molecule has 1 amide bonds. The molecule has 0 spiro atoms. The van der Waals surface area contributed by atoms with Crippen LogP contribution in [0.4, 0.5) is 0 Å². The lowest BCUT2D eigenvalue weighted by molar-refractivity contribution is 0.0911. The number of aryl methyl sites for hydroxylation is 1. The highest BCUT2D eigenvalue weighted by molar-refractivity contribution is 5.92. The molecular formula is C16H19N3O2. The van der Waals surface area contributed by atoms with Gasteiger partial charge >= 0.3 is 0 Å². The van der Waals surface area contributed by atoms with Crippen LogP contribution in [0.15, 0.2) is 42.7 Å². The van der Waals surface area contributed by atoms with E-state index in [-0.39, 0.29) is 11.9 Å². The van der Waals surface area contributed by atoms with E-state index in [0.29, 0.717) is 12.1 Å². The molecule has 5 nitrogen and oxygen atoms in total. The van der Waals surface area contributed by atoms with Crippen LogP contribution in [0.2, 0.25) is 0 Å². The summed E-state index contributed by atoms with van der Waals surface area (Å²) in [6.07, 6.45) is 1.21. The van der Waals surface area contributed by atoms with Crippen LogP contribution in [0.5, 0.6) is 0 Å². The summed E-state index contributed by atoms with van der Waals surface area (Å²) < 4.78 is 0. The zero-order valence-electron chi connectivity index (χ0n) is 12.2. The Morgan fingerprint density at radius 3 is 2.67 bits per heavy atom. The van der Waals surface area contributed by atoms with Crippen LogP contribution in [-0.4, -0.2) is 27.0 Å². The van der Waals surface area contributed by atoms with E-state index in [2.05, 4.69) is 15.3 Å². The van der Waals surface area contributed by atoms with Gasteiger partial charge < -0.3 is 10.4 Å². The lowest BCUT2D eigenvalue weighted by atomic mass is 10.0. The van der Waals surface area contributed by atoms with Crippen LogP contribution in [-0.2, 0) is 0 Å². The zero-order chi connectivity index (χ0) is 15.2. The first-order valence-corrected chi connectivity index (χ1v) is 6.89. The average molecular weight is 285 g/mol. The summed E-state index contributed by atoms with van der Waals surface area (Å²) >= 11 is 0. The van der Waals surface area contributed by atoms with Crippen molar-refractivity contribution >= 4 is 5.91 Å². The number of amides is 1. The molecule has 0 aliphatic rings. The minimum Gasteiger partial charge on any atom is -0.388 e. The zero-order valence-corrected chi connectivity index (χ0v) is 12.2. The van der Waals surface area contributed by atoms with Gasteiger partial charge in [0.25, 0.3) is 5.91 Å². The third-order valence-electron chi connectivity index (χ3n) is 3.18. The number of rotatable bonds is 5. The molecule has 0 aliphatic heterocycles. The molecule has 2 unspecified atom stereocenters. The molecule has 0 radical (unpaired) electrons. The van der Waals surface area contributed by atoms with E-state index in [1.165, 1.54) is 6.33 Å². The first kappa shape index (κ1) is 15.1. The second-order valence-electron chi connectivity index (χ2n) is 5.08. The molecule has 2 aromatic rings. The molecule has 2 N–H and O–H groups in total. The van der Waals surface area contributed by atoms with Gasteiger partial charge in [-0.1, -0.05) is 30.3 Å². The summed E-state index contributed by atoms with van der Waals surface area (Å²) in [6.45, 7) is 3.67. The van der Waals surface area contributed by atoms with Crippen molar-refractivity contribution in [1.29, 1.82) is 0 Å². The number of aliphatic hydroxyl groups is 1. The van der Waals surface area contributed by atoms with Gasteiger partial charge in [0.15, 0.2) is 0 Å². The highest BCUT2D eigenvalue weighted by Gasteiger charge is 2.16. The lowest BCUT2D eigenvalue weighted by Gasteiger charge is -2.18. The number of nitrogens with one attached hydrogen (secondary N) is 1. The SMILES string of the molecule is Cc1cc(C(=O)NC(C)CC(O)c2ccccc2)ncn1. The average Bonchev–Trinajstić information content (AvgIpc) is 2.48. The van der Waals surface area contributed by atoms with Crippen molar-refractivity contribution in [1.82, 2.24) is 15.3 Å². The van der Waals surface area contributed by atoms with E-state index in [4.69, 9.17) is 0 Å². The van der Waals surface area contributed by atoms with Crippen molar-refractivity contribution in [3.05, 3.63) is 59.7 Å². The predicted octanol–water partition coefficient (Wildman–Crippen LogP) is 2.03. The van der Waals surface area contributed by atoms with E-state index in [1.54, 1.807) is 13.0 Å². The normalized spacial score (nSPS) is 13.5. The van der Waals surface area contributed by atoms with E-state index >= 15 is 0 Å².